The van der Waals surface area contributed by atoms with Gasteiger partial charge in [-0.2, -0.15) is 0 Å². The minimum Gasteiger partial charge on any atom is -0.380 e. The maximum Gasteiger partial charge on any atom is 0.181 e. The molecule has 1 aliphatic carbocycles. The molecule has 3 atom stereocenters. The van der Waals surface area contributed by atoms with Crippen molar-refractivity contribution >= 4 is 5.69 Å². The third kappa shape index (κ3) is 2.76. The Morgan fingerprint density at radius 3 is 2.65 bits per heavy atom. The molecule has 1 N–H and O–H groups in total. The van der Waals surface area contributed by atoms with E-state index in [9.17, 15) is 8.78 Å². The van der Waals surface area contributed by atoms with Gasteiger partial charge in [-0.25, -0.2) is 8.78 Å². The van der Waals surface area contributed by atoms with Gasteiger partial charge in [0.25, 0.3) is 0 Å². The summed E-state index contributed by atoms with van der Waals surface area (Å²) in [5, 5.41) is 3.15. The number of anilines is 1. The molecule has 1 saturated carbocycles. The molecular formula is C14H19F2N. The molecule has 1 aliphatic rings. The van der Waals surface area contributed by atoms with E-state index in [4.69, 9.17) is 0 Å². The molecule has 2 rings (SSSR count). The van der Waals surface area contributed by atoms with Gasteiger partial charge in [-0.1, -0.05) is 19.9 Å². The van der Waals surface area contributed by atoms with E-state index in [1.54, 1.807) is 6.07 Å². The van der Waals surface area contributed by atoms with Crippen molar-refractivity contribution in [1.29, 1.82) is 0 Å². The zero-order valence-electron chi connectivity index (χ0n) is 10.3. The van der Waals surface area contributed by atoms with E-state index in [-0.39, 0.29) is 11.7 Å². The highest BCUT2D eigenvalue weighted by atomic mass is 19.2. The molecule has 94 valence electrons. The number of benzene rings is 1. The first kappa shape index (κ1) is 12.3. The highest BCUT2D eigenvalue weighted by Gasteiger charge is 2.25. The smallest absolute Gasteiger partial charge is 0.181 e. The van der Waals surface area contributed by atoms with E-state index in [2.05, 4.69) is 19.2 Å². The summed E-state index contributed by atoms with van der Waals surface area (Å²) in [7, 11) is 0. The number of hydrogen-bond acceptors (Lipinski definition) is 1. The minimum atomic E-state index is -0.785. The van der Waals surface area contributed by atoms with Gasteiger partial charge in [0.1, 0.15) is 0 Å². The largest absolute Gasteiger partial charge is 0.380 e. The van der Waals surface area contributed by atoms with Crippen molar-refractivity contribution in [2.24, 2.45) is 11.8 Å². The van der Waals surface area contributed by atoms with Crippen LogP contribution in [0.25, 0.3) is 0 Å². The second-order valence-electron chi connectivity index (χ2n) is 5.25. The Kier molecular flexibility index (Phi) is 3.65. The van der Waals surface area contributed by atoms with Gasteiger partial charge in [0.15, 0.2) is 11.6 Å². The maximum atomic E-state index is 13.5. The van der Waals surface area contributed by atoms with Gasteiger partial charge >= 0.3 is 0 Å². The Bertz CT molecular complexity index is 392. The van der Waals surface area contributed by atoms with Crippen LogP contribution in [-0.2, 0) is 0 Å². The Morgan fingerprint density at radius 1 is 1.18 bits per heavy atom. The van der Waals surface area contributed by atoms with Crippen LogP contribution in [0.1, 0.15) is 33.1 Å². The lowest BCUT2D eigenvalue weighted by molar-refractivity contribution is 0.276. The molecule has 1 nitrogen and oxygen atoms in total. The van der Waals surface area contributed by atoms with Crippen LogP contribution in [0.4, 0.5) is 14.5 Å². The molecule has 0 aliphatic heterocycles. The molecule has 0 amide bonds. The molecule has 3 heteroatoms. The van der Waals surface area contributed by atoms with E-state index in [1.807, 2.05) is 0 Å². The summed E-state index contributed by atoms with van der Waals surface area (Å²) >= 11 is 0. The van der Waals surface area contributed by atoms with Crippen molar-refractivity contribution in [1.82, 2.24) is 0 Å². The van der Waals surface area contributed by atoms with Crippen LogP contribution in [0.2, 0.25) is 0 Å². The van der Waals surface area contributed by atoms with Crippen molar-refractivity contribution in [3.05, 3.63) is 29.8 Å². The lowest BCUT2D eigenvalue weighted by Gasteiger charge is -2.33. The predicted molar refractivity (Wildman–Crippen MR) is 65.9 cm³/mol. The molecule has 1 fully saturated rings. The van der Waals surface area contributed by atoms with Gasteiger partial charge in [0.2, 0.25) is 0 Å². The Labute approximate surface area is 101 Å². The summed E-state index contributed by atoms with van der Waals surface area (Å²) in [6.07, 6.45) is 3.33. The molecule has 1 aromatic rings. The van der Waals surface area contributed by atoms with Crippen molar-refractivity contribution in [3.63, 3.8) is 0 Å². The molecule has 0 aromatic heterocycles. The summed E-state index contributed by atoms with van der Waals surface area (Å²) in [6, 6.07) is 4.54. The van der Waals surface area contributed by atoms with Crippen LogP contribution in [0, 0.1) is 23.5 Å². The average Bonchev–Trinajstić information content (AvgIpc) is 2.28. The first-order valence-electron chi connectivity index (χ1n) is 6.28. The highest BCUT2D eigenvalue weighted by molar-refractivity contribution is 5.46. The number of rotatable bonds is 2. The summed E-state index contributed by atoms with van der Waals surface area (Å²) < 4.78 is 26.6. The SMILES string of the molecule is CC1CCC(Nc2cccc(F)c2F)C(C)C1. The third-order valence-corrected chi connectivity index (χ3v) is 3.72. The van der Waals surface area contributed by atoms with Gasteiger partial charge in [-0.3, -0.25) is 0 Å². The molecule has 3 unspecified atom stereocenters. The standard InChI is InChI=1S/C14H19F2N/c1-9-6-7-12(10(2)8-9)17-13-5-3-4-11(15)14(13)16/h3-5,9-10,12,17H,6-8H2,1-2H3. The van der Waals surface area contributed by atoms with Gasteiger partial charge in [0.05, 0.1) is 5.69 Å². The van der Waals surface area contributed by atoms with Crippen molar-refractivity contribution in [2.75, 3.05) is 5.32 Å². The second kappa shape index (κ2) is 5.03. The molecule has 1 aromatic carbocycles. The lowest BCUT2D eigenvalue weighted by atomic mass is 9.80. The highest BCUT2D eigenvalue weighted by Crippen LogP contribution is 2.31. The summed E-state index contributed by atoms with van der Waals surface area (Å²) in [4.78, 5) is 0. The summed E-state index contributed by atoms with van der Waals surface area (Å²) in [5.41, 5.74) is 0.288. The maximum absolute atomic E-state index is 13.5. The summed E-state index contributed by atoms with van der Waals surface area (Å²) in [5.74, 6) is -0.313. The van der Waals surface area contributed by atoms with Gasteiger partial charge < -0.3 is 5.32 Å². The fourth-order valence-electron chi connectivity index (χ4n) is 2.69. The van der Waals surface area contributed by atoms with Crippen LogP contribution in [0.15, 0.2) is 18.2 Å². The van der Waals surface area contributed by atoms with E-state index in [0.717, 1.165) is 31.2 Å². The van der Waals surface area contributed by atoms with E-state index in [1.165, 1.54) is 6.07 Å². The predicted octanol–water partition coefficient (Wildman–Crippen LogP) is 4.20. The number of hydrogen-bond donors (Lipinski definition) is 1. The first-order valence-corrected chi connectivity index (χ1v) is 6.28. The van der Waals surface area contributed by atoms with Crippen LogP contribution in [0.3, 0.4) is 0 Å². The molecule has 0 heterocycles. The van der Waals surface area contributed by atoms with Gasteiger partial charge in [0, 0.05) is 6.04 Å². The Balaban J connectivity index is 2.08. The fourth-order valence-corrected chi connectivity index (χ4v) is 2.69. The van der Waals surface area contributed by atoms with Crippen LogP contribution < -0.4 is 5.32 Å². The van der Waals surface area contributed by atoms with Gasteiger partial charge in [-0.15, -0.1) is 0 Å². The van der Waals surface area contributed by atoms with E-state index >= 15 is 0 Å². The van der Waals surface area contributed by atoms with Crippen LogP contribution >= 0.6 is 0 Å². The molecular weight excluding hydrogens is 220 g/mol. The second-order valence-corrected chi connectivity index (χ2v) is 5.25. The molecule has 0 spiro atoms. The fraction of sp³-hybridized carbons (Fsp3) is 0.571. The summed E-state index contributed by atoms with van der Waals surface area (Å²) in [6.45, 7) is 4.42. The normalized spacial score (nSPS) is 29.1. The average molecular weight is 239 g/mol. The number of halogens is 2. The first-order chi connectivity index (χ1) is 8.08. The lowest BCUT2D eigenvalue weighted by Crippen LogP contribution is -2.33. The van der Waals surface area contributed by atoms with Crippen molar-refractivity contribution in [2.45, 2.75) is 39.2 Å². The molecule has 0 saturated heterocycles. The monoisotopic (exact) mass is 239 g/mol. The zero-order valence-corrected chi connectivity index (χ0v) is 10.3. The third-order valence-electron chi connectivity index (χ3n) is 3.72. The molecule has 0 bridgehead atoms. The van der Waals surface area contributed by atoms with Crippen molar-refractivity contribution in [3.8, 4) is 0 Å². The van der Waals surface area contributed by atoms with Crippen molar-refractivity contribution < 1.29 is 8.78 Å². The number of nitrogens with one attached hydrogen (secondary N) is 1. The molecule has 17 heavy (non-hydrogen) atoms. The zero-order chi connectivity index (χ0) is 12.4. The Morgan fingerprint density at radius 2 is 1.94 bits per heavy atom. The van der Waals surface area contributed by atoms with Crippen LogP contribution in [-0.4, -0.2) is 6.04 Å². The van der Waals surface area contributed by atoms with Gasteiger partial charge in [-0.05, 0) is 43.2 Å². The minimum absolute atomic E-state index is 0.252. The van der Waals surface area contributed by atoms with E-state index in [0.29, 0.717) is 5.92 Å². The quantitative estimate of drug-likeness (QED) is 0.815. The van der Waals surface area contributed by atoms with Crippen LogP contribution in [0.5, 0.6) is 0 Å². The molecule has 0 radical (unpaired) electrons. The topological polar surface area (TPSA) is 12.0 Å². The Hall–Kier alpha value is -1.12. The van der Waals surface area contributed by atoms with E-state index < -0.39 is 11.6 Å².